The minimum absolute atomic E-state index is 0.000966. The van der Waals surface area contributed by atoms with Gasteiger partial charge in [0.2, 0.25) is 0 Å². The van der Waals surface area contributed by atoms with Gasteiger partial charge in [-0.1, -0.05) is 20.3 Å². The molecule has 6 heteroatoms. The lowest BCUT2D eigenvalue weighted by Gasteiger charge is -2.31. The van der Waals surface area contributed by atoms with Crippen molar-refractivity contribution in [2.45, 2.75) is 39.5 Å². The molecule has 0 radical (unpaired) electrons. The highest BCUT2D eigenvalue weighted by atomic mass is 16.4. The molecule has 1 aliphatic rings. The smallest absolute Gasteiger partial charge is 0.314 e. The lowest BCUT2D eigenvalue weighted by molar-refractivity contribution is -0.138. The van der Waals surface area contributed by atoms with Crippen molar-refractivity contribution in [3.63, 3.8) is 0 Å². The number of carboxylic acids is 1. The summed E-state index contributed by atoms with van der Waals surface area (Å²) in [6.45, 7) is 8.56. The summed E-state index contributed by atoms with van der Waals surface area (Å²) in [7, 11) is 0. The molecule has 0 spiro atoms. The van der Waals surface area contributed by atoms with E-state index in [1.807, 2.05) is 6.92 Å². The van der Waals surface area contributed by atoms with Crippen LogP contribution in [0.4, 0.5) is 4.79 Å². The van der Waals surface area contributed by atoms with Crippen LogP contribution in [0.25, 0.3) is 0 Å². The van der Waals surface area contributed by atoms with Gasteiger partial charge in [-0.25, -0.2) is 4.79 Å². The second-order valence-corrected chi connectivity index (χ2v) is 5.84. The fourth-order valence-electron chi connectivity index (χ4n) is 2.65. The molecule has 122 valence electrons. The van der Waals surface area contributed by atoms with E-state index in [1.54, 1.807) is 0 Å². The van der Waals surface area contributed by atoms with Crippen LogP contribution in [-0.4, -0.2) is 54.7 Å². The highest BCUT2D eigenvalue weighted by Crippen LogP contribution is 2.15. The maximum atomic E-state index is 11.7. The Kier molecular flexibility index (Phi) is 8.12. The first kappa shape index (κ1) is 17.8. The Hall–Kier alpha value is -1.30. The Morgan fingerprint density at radius 2 is 1.90 bits per heavy atom. The maximum absolute atomic E-state index is 11.7. The molecule has 0 saturated carbocycles. The van der Waals surface area contributed by atoms with Crippen molar-refractivity contribution in [3.05, 3.63) is 0 Å². The average Bonchev–Trinajstić information content (AvgIpc) is 2.49. The third kappa shape index (κ3) is 7.32. The molecule has 1 saturated heterocycles. The zero-order valence-corrected chi connectivity index (χ0v) is 13.2. The number of likely N-dealkylation sites (tertiary alicyclic amines) is 1. The van der Waals surface area contributed by atoms with Gasteiger partial charge in [-0.3, -0.25) is 4.79 Å². The predicted molar refractivity (Wildman–Crippen MR) is 82.3 cm³/mol. The van der Waals surface area contributed by atoms with Gasteiger partial charge in [0.25, 0.3) is 0 Å². The Balaban J connectivity index is 2.15. The molecule has 1 unspecified atom stereocenters. The van der Waals surface area contributed by atoms with Crippen molar-refractivity contribution in [1.29, 1.82) is 0 Å². The molecule has 0 aromatic carbocycles. The van der Waals surface area contributed by atoms with E-state index in [4.69, 9.17) is 5.11 Å². The van der Waals surface area contributed by atoms with E-state index in [-0.39, 0.29) is 18.4 Å². The first-order valence-electron chi connectivity index (χ1n) is 8.00. The van der Waals surface area contributed by atoms with Crippen molar-refractivity contribution in [2.24, 2.45) is 11.8 Å². The summed E-state index contributed by atoms with van der Waals surface area (Å²) in [5.41, 5.74) is 0. The highest BCUT2D eigenvalue weighted by Gasteiger charge is 2.18. The van der Waals surface area contributed by atoms with Crippen molar-refractivity contribution in [3.8, 4) is 0 Å². The summed E-state index contributed by atoms with van der Waals surface area (Å²) in [5, 5.41) is 14.4. The van der Waals surface area contributed by atoms with E-state index < -0.39 is 5.97 Å². The summed E-state index contributed by atoms with van der Waals surface area (Å²) in [6.07, 6.45) is 3.11. The van der Waals surface area contributed by atoms with E-state index in [0.29, 0.717) is 19.0 Å². The second-order valence-electron chi connectivity index (χ2n) is 5.84. The standard InChI is InChI=1S/C15H29N3O3/c1-3-12(9-14(19)20)10-16-15(21)17-11-13-5-7-18(4-2)8-6-13/h12-13H,3-11H2,1-2H3,(H,19,20)(H2,16,17,21). The quantitative estimate of drug-likeness (QED) is 0.634. The van der Waals surface area contributed by atoms with Crippen LogP contribution in [0.1, 0.15) is 39.5 Å². The fourth-order valence-corrected chi connectivity index (χ4v) is 2.65. The number of hydrogen-bond acceptors (Lipinski definition) is 3. The van der Waals surface area contributed by atoms with Crippen LogP contribution in [0.3, 0.4) is 0 Å². The third-order valence-corrected chi connectivity index (χ3v) is 4.30. The fraction of sp³-hybridized carbons (Fsp3) is 0.867. The molecule has 0 aromatic rings. The van der Waals surface area contributed by atoms with Crippen LogP contribution < -0.4 is 10.6 Å². The lowest BCUT2D eigenvalue weighted by atomic mass is 9.97. The normalized spacial score (nSPS) is 18.2. The highest BCUT2D eigenvalue weighted by molar-refractivity contribution is 5.74. The SMILES string of the molecule is CCC(CNC(=O)NCC1CCN(CC)CC1)CC(=O)O. The van der Waals surface area contributed by atoms with Crippen LogP contribution in [-0.2, 0) is 4.79 Å². The molecule has 1 atom stereocenters. The summed E-state index contributed by atoms with van der Waals surface area (Å²) < 4.78 is 0. The number of carbonyl (C=O) groups is 2. The summed E-state index contributed by atoms with van der Waals surface area (Å²) in [6, 6.07) is -0.184. The largest absolute Gasteiger partial charge is 0.481 e. The molecule has 0 bridgehead atoms. The molecule has 1 rings (SSSR count). The first-order valence-corrected chi connectivity index (χ1v) is 8.00. The molecule has 6 nitrogen and oxygen atoms in total. The average molecular weight is 299 g/mol. The summed E-state index contributed by atoms with van der Waals surface area (Å²) in [5.74, 6) is -0.257. The number of aliphatic carboxylic acids is 1. The van der Waals surface area contributed by atoms with E-state index in [2.05, 4.69) is 22.5 Å². The number of piperidine rings is 1. The second kappa shape index (κ2) is 9.60. The Morgan fingerprint density at radius 3 is 2.43 bits per heavy atom. The Morgan fingerprint density at radius 1 is 1.24 bits per heavy atom. The summed E-state index contributed by atoms with van der Waals surface area (Å²) >= 11 is 0. The molecule has 0 aliphatic carbocycles. The lowest BCUT2D eigenvalue weighted by Crippen LogP contribution is -2.43. The van der Waals surface area contributed by atoms with Crippen LogP contribution in [0.5, 0.6) is 0 Å². The van der Waals surface area contributed by atoms with Gasteiger partial charge >= 0.3 is 12.0 Å². The van der Waals surface area contributed by atoms with Crippen molar-refractivity contribution in [1.82, 2.24) is 15.5 Å². The number of carbonyl (C=O) groups excluding carboxylic acids is 1. The molecular formula is C15H29N3O3. The van der Waals surface area contributed by atoms with E-state index in [0.717, 1.165) is 38.9 Å². The molecule has 3 N–H and O–H groups in total. The van der Waals surface area contributed by atoms with E-state index in [9.17, 15) is 9.59 Å². The minimum Gasteiger partial charge on any atom is -0.481 e. The van der Waals surface area contributed by atoms with Crippen molar-refractivity contribution in [2.75, 3.05) is 32.7 Å². The van der Waals surface area contributed by atoms with Crippen molar-refractivity contribution < 1.29 is 14.7 Å². The van der Waals surface area contributed by atoms with E-state index in [1.165, 1.54) is 0 Å². The van der Waals surface area contributed by atoms with Crippen molar-refractivity contribution >= 4 is 12.0 Å². The molecule has 21 heavy (non-hydrogen) atoms. The number of nitrogens with one attached hydrogen (secondary N) is 2. The third-order valence-electron chi connectivity index (χ3n) is 4.30. The number of hydrogen-bond donors (Lipinski definition) is 3. The first-order chi connectivity index (χ1) is 10.0. The molecule has 1 fully saturated rings. The molecule has 2 amide bonds. The van der Waals surface area contributed by atoms with Gasteiger partial charge in [0, 0.05) is 19.5 Å². The van der Waals surface area contributed by atoms with Gasteiger partial charge in [0.15, 0.2) is 0 Å². The maximum Gasteiger partial charge on any atom is 0.314 e. The van der Waals surface area contributed by atoms with Crippen LogP contribution in [0.2, 0.25) is 0 Å². The van der Waals surface area contributed by atoms with Crippen LogP contribution in [0, 0.1) is 11.8 Å². The zero-order valence-electron chi connectivity index (χ0n) is 13.2. The number of rotatable bonds is 8. The van der Waals surface area contributed by atoms with Gasteiger partial charge in [-0.2, -0.15) is 0 Å². The Bertz CT molecular complexity index is 328. The van der Waals surface area contributed by atoms with Gasteiger partial charge in [-0.05, 0) is 44.3 Å². The number of amides is 2. The summed E-state index contributed by atoms with van der Waals surface area (Å²) in [4.78, 5) is 24.8. The number of carboxylic acid groups (broad SMARTS) is 1. The predicted octanol–water partition coefficient (Wildman–Crippen LogP) is 1.52. The topological polar surface area (TPSA) is 81.7 Å². The number of nitrogens with zero attached hydrogens (tertiary/aromatic N) is 1. The minimum atomic E-state index is -0.813. The number of urea groups is 1. The molecule has 1 aliphatic heterocycles. The van der Waals surface area contributed by atoms with Gasteiger partial charge in [0.1, 0.15) is 0 Å². The van der Waals surface area contributed by atoms with Gasteiger partial charge in [0.05, 0.1) is 0 Å². The zero-order chi connectivity index (χ0) is 15.7. The monoisotopic (exact) mass is 299 g/mol. The van der Waals surface area contributed by atoms with E-state index >= 15 is 0 Å². The Labute approximate surface area is 127 Å². The molecule has 0 aromatic heterocycles. The molecule has 1 heterocycles. The molecular weight excluding hydrogens is 270 g/mol. The van der Waals surface area contributed by atoms with Gasteiger partial charge in [-0.15, -0.1) is 0 Å². The van der Waals surface area contributed by atoms with Crippen LogP contribution in [0.15, 0.2) is 0 Å². The van der Waals surface area contributed by atoms with Gasteiger partial charge < -0.3 is 20.6 Å². The van der Waals surface area contributed by atoms with Crippen LogP contribution >= 0.6 is 0 Å².